The highest BCUT2D eigenvalue weighted by Crippen LogP contribution is 2.68. The van der Waals surface area contributed by atoms with Gasteiger partial charge >= 0.3 is 0 Å². The molecule has 0 heterocycles. The van der Waals surface area contributed by atoms with Gasteiger partial charge in [-0.1, -0.05) is 24.6 Å². The second kappa shape index (κ2) is 4.74. The third-order valence-electron chi connectivity index (χ3n) is 4.74. The molecule has 0 amide bonds. The SMILES string of the molecule is Cc1ccc(S(=O)(=O)OCC2(C)CC3(CC(F)(F)C3)C2)cc1. The number of halogens is 2. The topological polar surface area (TPSA) is 43.4 Å². The van der Waals surface area contributed by atoms with Gasteiger partial charge in [0.25, 0.3) is 10.1 Å². The molecule has 122 valence electrons. The van der Waals surface area contributed by atoms with Crippen LogP contribution in [0.4, 0.5) is 8.78 Å². The van der Waals surface area contributed by atoms with Gasteiger partial charge in [-0.3, -0.25) is 4.18 Å². The fourth-order valence-corrected chi connectivity index (χ4v) is 5.19. The summed E-state index contributed by atoms with van der Waals surface area (Å²) in [4.78, 5) is 0.130. The highest BCUT2D eigenvalue weighted by Gasteiger charge is 2.65. The summed E-state index contributed by atoms with van der Waals surface area (Å²) in [5.41, 5.74) is 0.363. The molecular weight excluding hydrogens is 310 g/mol. The lowest BCUT2D eigenvalue weighted by molar-refractivity contribution is -0.232. The van der Waals surface area contributed by atoms with Crippen LogP contribution in [0, 0.1) is 17.8 Å². The summed E-state index contributed by atoms with van der Waals surface area (Å²) < 4.78 is 55.4. The normalized spacial score (nSPS) is 24.5. The van der Waals surface area contributed by atoms with Crippen molar-refractivity contribution >= 4 is 10.1 Å². The summed E-state index contributed by atoms with van der Waals surface area (Å²) in [6, 6.07) is 6.46. The van der Waals surface area contributed by atoms with Crippen LogP contribution in [0.2, 0.25) is 0 Å². The van der Waals surface area contributed by atoms with Crippen LogP contribution < -0.4 is 0 Å². The molecule has 22 heavy (non-hydrogen) atoms. The molecule has 2 saturated carbocycles. The minimum Gasteiger partial charge on any atom is -0.266 e. The molecule has 2 aliphatic carbocycles. The van der Waals surface area contributed by atoms with Crippen molar-refractivity contribution in [2.75, 3.05) is 6.61 Å². The van der Waals surface area contributed by atoms with E-state index in [1.165, 1.54) is 12.1 Å². The maximum Gasteiger partial charge on any atom is 0.296 e. The molecule has 1 spiro atoms. The van der Waals surface area contributed by atoms with E-state index in [0.29, 0.717) is 12.8 Å². The Balaban J connectivity index is 1.58. The molecule has 0 radical (unpaired) electrons. The van der Waals surface area contributed by atoms with Crippen LogP contribution in [0.25, 0.3) is 0 Å². The summed E-state index contributed by atoms with van der Waals surface area (Å²) in [5.74, 6) is -2.53. The van der Waals surface area contributed by atoms with E-state index in [4.69, 9.17) is 4.18 Å². The van der Waals surface area contributed by atoms with Gasteiger partial charge in [0, 0.05) is 12.8 Å². The molecule has 0 bridgehead atoms. The number of hydrogen-bond donors (Lipinski definition) is 0. The predicted octanol–water partition coefficient (Wildman–Crippen LogP) is 3.92. The van der Waals surface area contributed by atoms with Crippen molar-refractivity contribution < 1.29 is 21.4 Å². The second-order valence-electron chi connectivity index (χ2n) is 7.40. The molecule has 0 saturated heterocycles. The minimum absolute atomic E-state index is 0.0521. The van der Waals surface area contributed by atoms with Gasteiger partial charge in [0.05, 0.1) is 11.5 Å². The average Bonchev–Trinajstić information content (AvgIpc) is 2.33. The lowest BCUT2D eigenvalue weighted by Gasteiger charge is -2.62. The predicted molar refractivity (Wildman–Crippen MR) is 78.3 cm³/mol. The second-order valence-corrected chi connectivity index (χ2v) is 9.02. The summed E-state index contributed by atoms with van der Waals surface area (Å²) in [6.45, 7) is 3.83. The minimum atomic E-state index is -3.78. The Labute approximate surface area is 129 Å². The number of benzene rings is 1. The molecule has 6 heteroatoms. The highest BCUT2D eigenvalue weighted by molar-refractivity contribution is 7.86. The molecule has 0 atom stereocenters. The average molecular weight is 330 g/mol. The van der Waals surface area contributed by atoms with E-state index in [1.54, 1.807) is 12.1 Å². The van der Waals surface area contributed by atoms with Gasteiger partial charge in [-0.25, -0.2) is 8.78 Å². The Hall–Kier alpha value is -1.01. The maximum atomic E-state index is 13.0. The zero-order valence-electron chi connectivity index (χ0n) is 12.7. The quantitative estimate of drug-likeness (QED) is 0.786. The van der Waals surface area contributed by atoms with Crippen LogP contribution in [0.3, 0.4) is 0 Å². The van der Waals surface area contributed by atoms with Gasteiger partial charge in [-0.2, -0.15) is 8.42 Å². The fourth-order valence-electron chi connectivity index (χ4n) is 4.15. The van der Waals surface area contributed by atoms with Crippen LogP contribution >= 0.6 is 0 Å². The molecule has 3 rings (SSSR count). The molecule has 0 aliphatic heterocycles. The Kier molecular flexibility index (Phi) is 3.42. The van der Waals surface area contributed by atoms with Gasteiger partial charge in [-0.05, 0) is 42.7 Å². The molecule has 1 aromatic carbocycles. The van der Waals surface area contributed by atoms with E-state index in [0.717, 1.165) is 5.56 Å². The molecular formula is C16H20F2O3S. The molecule has 0 aromatic heterocycles. The van der Waals surface area contributed by atoms with Crippen molar-refractivity contribution in [3.05, 3.63) is 29.8 Å². The van der Waals surface area contributed by atoms with E-state index < -0.39 is 16.0 Å². The lowest BCUT2D eigenvalue weighted by atomic mass is 9.45. The van der Waals surface area contributed by atoms with E-state index in [-0.39, 0.29) is 35.2 Å². The third kappa shape index (κ3) is 2.91. The van der Waals surface area contributed by atoms with E-state index in [9.17, 15) is 17.2 Å². The Bertz CT molecular complexity index is 664. The first-order chi connectivity index (χ1) is 10.0. The Morgan fingerprint density at radius 3 is 2.14 bits per heavy atom. The van der Waals surface area contributed by atoms with Gasteiger partial charge in [0.1, 0.15) is 0 Å². The third-order valence-corrected chi connectivity index (χ3v) is 6.02. The van der Waals surface area contributed by atoms with Crippen LogP contribution in [-0.4, -0.2) is 20.9 Å². The Morgan fingerprint density at radius 2 is 1.64 bits per heavy atom. The van der Waals surface area contributed by atoms with Crippen LogP contribution in [-0.2, 0) is 14.3 Å². The highest BCUT2D eigenvalue weighted by atomic mass is 32.2. The molecule has 2 aliphatic rings. The van der Waals surface area contributed by atoms with Gasteiger partial charge in [-0.15, -0.1) is 0 Å². The van der Waals surface area contributed by atoms with Gasteiger partial charge < -0.3 is 0 Å². The monoisotopic (exact) mass is 330 g/mol. The van der Waals surface area contributed by atoms with Crippen molar-refractivity contribution in [3.8, 4) is 0 Å². The molecule has 1 aromatic rings. The summed E-state index contributed by atoms with van der Waals surface area (Å²) in [6.07, 6.45) is 1.08. The first-order valence-electron chi connectivity index (χ1n) is 7.37. The zero-order valence-corrected chi connectivity index (χ0v) is 13.6. The Morgan fingerprint density at radius 1 is 1.09 bits per heavy atom. The number of aryl methyl sites for hydroxylation is 1. The van der Waals surface area contributed by atoms with Crippen molar-refractivity contribution in [2.45, 2.75) is 50.3 Å². The fraction of sp³-hybridized carbons (Fsp3) is 0.625. The van der Waals surface area contributed by atoms with Crippen molar-refractivity contribution in [3.63, 3.8) is 0 Å². The molecule has 3 nitrogen and oxygen atoms in total. The van der Waals surface area contributed by atoms with E-state index >= 15 is 0 Å². The van der Waals surface area contributed by atoms with Crippen LogP contribution in [0.1, 0.15) is 38.2 Å². The van der Waals surface area contributed by atoms with Crippen molar-refractivity contribution in [1.29, 1.82) is 0 Å². The lowest BCUT2D eigenvalue weighted by Crippen LogP contribution is -2.58. The molecule has 0 unspecified atom stereocenters. The zero-order chi connectivity index (χ0) is 16.2. The van der Waals surface area contributed by atoms with E-state index in [2.05, 4.69) is 0 Å². The molecule has 2 fully saturated rings. The summed E-state index contributed by atoms with van der Waals surface area (Å²) in [5, 5.41) is 0. The number of hydrogen-bond acceptors (Lipinski definition) is 3. The largest absolute Gasteiger partial charge is 0.296 e. The van der Waals surface area contributed by atoms with Crippen LogP contribution in [0.5, 0.6) is 0 Å². The summed E-state index contributed by atoms with van der Waals surface area (Å²) in [7, 11) is -3.78. The standard InChI is InChI=1S/C16H20F2O3S/c1-12-3-5-13(6-4-12)22(19,20)21-11-14(2)7-15(8-14)9-16(17,18)10-15/h3-6H,7-11H2,1-2H3. The smallest absolute Gasteiger partial charge is 0.266 e. The first-order valence-corrected chi connectivity index (χ1v) is 8.78. The number of rotatable bonds is 4. The van der Waals surface area contributed by atoms with Crippen molar-refractivity contribution in [2.24, 2.45) is 10.8 Å². The van der Waals surface area contributed by atoms with Crippen molar-refractivity contribution in [1.82, 2.24) is 0 Å². The van der Waals surface area contributed by atoms with E-state index in [1.807, 2.05) is 13.8 Å². The van der Waals surface area contributed by atoms with Gasteiger partial charge in [0.2, 0.25) is 5.92 Å². The maximum absolute atomic E-state index is 13.0. The summed E-state index contributed by atoms with van der Waals surface area (Å²) >= 11 is 0. The van der Waals surface area contributed by atoms with Gasteiger partial charge in [0.15, 0.2) is 0 Å². The van der Waals surface area contributed by atoms with Crippen LogP contribution in [0.15, 0.2) is 29.2 Å². The molecule has 0 N–H and O–H groups in total. The first kappa shape index (κ1) is 15.9. The number of alkyl halides is 2.